The molecular weight excluding hydrogens is 214 g/mol. The Morgan fingerprint density at radius 2 is 1.82 bits per heavy atom. The first-order valence-electron chi connectivity index (χ1n) is 6.00. The van der Waals surface area contributed by atoms with Gasteiger partial charge in [0.25, 0.3) is 0 Å². The summed E-state index contributed by atoms with van der Waals surface area (Å²) in [6.07, 6.45) is 0.413. The molecule has 0 bridgehead atoms. The smallest absolute Gasteiger partial charge is 0.306 e. The Bertz CT molecular complexity index is 357. The quantitative estimate of drug-likeness (QED) is 0.630. The molecule has 1 aromatic carbocycles. The molecule has 94 valence electrons. The summed E-state index contributed by atoms with van der Waals surface area (Å²) >= 11 is 0. The standard InChI is InChI=1S/C14H21NO2/c1-10(2)9-17-14(16)8-11(3)12-4-6-13(15)7-5-12/h4-7,10-11H,8-9,15H2,1-3H3. The number of rotatable bonds is 5. The lowest BCUT2D eigenvalue weighted by Gasteiger charge is -2.12. The molecule has 0 aliphatic carbocycles. The van der Waals surface area contributed by atoms with E-state index in [0.717, 1.165) is 11.3 Å². The highest BCUT2D eigenvalue weighted by molar-refractivity contribution is 5.70. The van der Waals surface area contributed by atoms with Crippen LogP contribution in [-0.4, -0.2) is 12.6 Å². The van der Waals surface area contributed by atoms with Crippen LogP contribution < -0.4 is 5.73 Å². The van der Waals surface area contributed by atoms with Gasteiger partial charge in [-0.1, -0.05) is 32.9 Å². The first-order valence-corrected chi connectivity index (χ1v) is 6.00. The van der Waals surface area contributed by atoms with Crippen LogP contribution in [0.5, 0.6) is 0 Å². The molecule has 2 N–H and O–H groups in total. The number of nitrogen functional groups attached to an aromatic ring is 1. The molecule has 1 atom stereocenters. The molecule has 0 aromatic heterocycles. The lowest BCUT2D eigenvalue weighted by molar-refractivity contribution is -0.145. The Morgan fingerprint density at radius 3 is 2.35 bits per heavy atom. The minimum atomic E-state index is -0.136. The highest BCUT2D eigenvalue weighted by Crippen LogP contribution is 2.20. The van der Waals surface area contributed by atoms with Crippen molar-refractivity contribution in [3.63, 3.8) is 0 Å². The maximum absolute atomic E-state index is 11.6. The summed E-state index contributed by atoms with van der Waals surface area (Å²) in [6, 6.07) is 7.61. The summed E-state index contributed by atoms with van der Waals surface area (Å²) in [5.41, 5.74) is 7.47. The molecule has 3 heteroatoms. The second kappa shape index (κ2) is 6.28. The predicted octanol–water partition coefficient (Wildman–Crippen LogP) is 2.96. The van der Waals surface area contributed by atoms with E-state index in [2.05, 4.69) is 0 Å². The molecule has 0 saturated heterocycles. The van der Waals surface area contributed by atoms with Gasteiger partial charge in [0.2, 0.25) is 0 Å². The molecule has 1 unspecified atom stereocenters. The fraction of sp³-hybridized carbons (Fsp3) is 0.500. The molecule has 0 heterocycles. The van der Waals surface area contributed by atoms with Crippen molar-refractivity contribution in [2.24, 2.45) is 5.92 Å². The Hall–Kier alpha value is -1.51. The molecule has 17 heavy (non-hydrogen) atoms. The molecule has 0 spiro atoms. The molecule has 0 aliphatic heterocycles. The fourth-order valence-electron chi connectivity index (χ4n) is 1.51. The molecule has 0 radical (unpaired) electrons. The van der Waals surface area contributed by atoms with E-state index in [9.17, 15) is 4.79 Å². The number of carbonyl (C=O) groups is 1. The van der Waals surface area contributed by atoms with Crippen LogP contribution in [0.15, 0.2) is 24.3 Å². The molecular formula is C14H21NO2. The summed E-state index contributed by atoms with van der Waals surface area (Å²) in [5, 5.41) is 0. The predicted molar refractivity (Wildman–Crippen MR) is 69.7 cm³/mol. The van der Waals surface area contributed by atoms with Gasteiger partial charge < -0.3 is 10.5 Å². The Labute approximate surface area is 103 Å². The zero-order valence-corrected chi connectivity index (χ0v) is 10.8. The highest BCUT2D eigenvalue weighted by Gasteiger charge is 2.12. The van der Waals surface area contributed by atoms with Crippen LogP contribution in [0.3, 0.4) is 0 Å². The van der Waals surface area contributed by atoms with Crippen LogP contribution in [-0.2, 0) is 9.53 Å². The normalized spacial score (nSPS) is 12.5. The first-order chi connectivity index (χ1) is 7.99. The largest absolute Gasteiger partial charge is 0.465 e. The van der Waals surface area contributed by atoms with Gasteiger partial charge in [-0.2, -0.15) is 0 Å². The van der Waals surface area contributed by atoms with Gasteiger partial charge in [-0.25, -0.2) is 0 Å². The van der Waals surface area contributed by atoms with E-state index in [-0.39, 0.29) is 11.9 Å². The van der Waals surface area contributed by atoms with Crippen LogP contribution in [0, 0.1) is 5.92 Å². The third kappa shape index (κ3) is 4.89. The van der Waals surface area contributed by atoms with E-state index in [1.165, 1.54) is 0 Å². The van der Waals surface area contributed by atoms with Gasteiger partial charge in [0.1, 0.15) is 0 Å². The molecule has 1 aromatic rings. The van der Waals surface area contributed by atoms with Crippen molar-refractivity contribution >= 4 is 11.7 Å². The average Bonchev–Trinajstić information content (AvgIpc) is 2.27. The Morgan fingerprint density at radius 1 is 1.24 bits per heavy atom. The van der Waals surface area contributed by atoms with Crippen molar-refractivity contribution in [3.05, 3.63) is 29.8 Å². The van der Waals surface area contributed by atoms with E-state index in [1.807, 2.05) is 45.0 Å². The van der Waals surface area contributed by atoms with Crippen LogP contribution in [0.2, 0.25) is 0 Å². The zero-order valence-electron chi connectivity index (χ0n) is 10.8. The van der Waals surface area contributed by atoms with Gasteiger partial charge in [-0.3, -0.25) is 4.79 Å². The van der Waals surface area contributed by atoms with Crippen LogP contribution >= 0.6 is 0 Å². The van der Waals surface area contributed by atoms with Crippen molar-refractivity contribution in [3.8, 4) is 0 Å². The number of ether oxygens (including phenoxy) is 1. The van der Waals surface area contributed by atoms with E-state index in [0.29, 0.717) is 18.9 Å². The Kier molecular flexibility index (Phi) is 5.01. The van der Waals surface area contributed by atoms with Gasteiger partial charge in [0.15, 0.2) is 0 Å². The molecule has 1 rings (SSSR count). The van der Waals surface area contributed by atoms with Crippen molar-refractivity contribution in [2.45, 2.75) is 33.1 Å². The van der Waals surface area contributed by atoms with E-state index in [4.69, 9.17) is 10.5 Å². The van der Waals surface area contributed by atoms with Gasteiger partial charge >= 0.3 is 5.97 Å². The third-order valence-corrected chi connectivity index (χ3v) is 2.56. The Balaban J connectivity index is 2.46. The number of anilines is 1. The van der Waals surface area contributed by atoms with Crippen molar-refractivity contribution in [2.75, 3.05) is 12.3 Å². The molecule has 0 saturated carbocycles. The topological polar surface area (TPSA) is 52.3 Å². The molecule has 0 amide bonds. The van der Waals surface area contributed by atoms with Gasteiger partial charge in [0.05, 0.1) is 13.0 Å². The minimum Gasteiger partial charge on any atom is -0.465 e. The molecule has 0 aliphatic rings. The van der Waals surface area contributed by atoms with Gasteiger partial charge in [-0.05, 0) is 29.5 Å². The second-order valence-corrected chi connectivity index (χ2v) is 4.85. The summed E-state index contributed by atoms with van der Waals surface area (Å²) in [6.45, 7) is 6.56. The van der Waals surface area contributed by atoms with Crippen LogP contribution in [0.4, 0.5) is 5.69 Å². The first kappa shape index (κ1) is 13.6. The number of carbonyl (C=O) groups excluding carboxylic acids is 1. The highest BCUT2D eigenvalue weighted by atomic mass is 16.5. The number of benzene rings is 1. The monoisotopic (exact) mass is 235 g/mol. The number of hydrogen-bond acceptors (Lipinski definition) is 3. The summed E-state index contributed by atoms with van der Waals surface area (Å²) in [7, 11) is 0. The lowest BCUT2D eigenvalue weighted by atomic mass is 9.98. The summed E-state index contributed by atoms with van der Waals surface area (Å²) < 4.78 is 5.16. The second-order valence-electron chi connectivity index (χ2n) is 4.85. The van der Waals surface area contributed by atoms with Gasteiger partial charge in [-0.15, -0.1) is 0 Å². The molecule has 0 fully saturated rings. The lowest BCUT2D eigenvalue weighted by Crippen LogP contribution is -2.12. The summed E-state index contributed by atoms with van der Waals surface area (Å²) in [4.78, 5) is 11.6. The van der Waals surface area contributed by atoms with Gasteiger partial charge in [0, 0.05) is 5.69 Å². The minimum absolute atomic E-state index is 0.136. The van der Waals surface area contributed by atoms with E-state index in [1.54, 1.807) is 0 Å². The summed E-state index contributed by atoms with van der Waals surface area (Å²) in [5.74, 6) is 0.407. The number of nitrogens with two attached hydrogens (primary N) is 1. The zero-order chi connectivity index (χ0) is 12.8. The van der Waals surface area contributed by atoms with Crippen molar-refractivity contribution in [1.82, 2.24) is 0 Å². The average molecular weight is 235 g/mol. The van der Waals surface area contributed by atoms with Crippen molar-refractivity contribution < 1.29 is 9.53 Å². The number of hydrogen-bond donors (Lipinski definition) is 1. The maximum Gasteiger partial charge on any atom is 0.306 e. The van der Waals surface area contributed by atoms with E-state index >= 15 is 0 Å². The molecule has 3 nitrogen and oxygen atoms in total. The SMILES string of the molecule is CC(C)COC(=O)CC(C)c1ccc(N)cc1. The number of esters is 1. The van der Waals surface area contributed by atoms with Crippen LogP contribution in [0.25, 0.3) is 0 Å². The van der Waals surface area contributed by atoms with E-state index < -0.39 is 0 Å². The van der Waals surface area contributed by atoms with Crippen LogP contribution in [0.1, 0.15) is 38.7 Å². The maximum atomic E-state index is 11.6. The third-order valence-electron chi connectivity index (χ3n) is 2.56. The fourth-order valence-corrected chi connectivity index (χ4v) is 1.51. The van der Waals surface area contributed by atoms with Crippen molar-refractivity contribution in [1.29, 1.82) is 0 Å².